The van der Waals surface area contributed by atoms with Crippen molar-refractivity contribution in [1.82, 2.24) is 9.13 Å². The third-order valence-corrected chi connectivity index (χ3v) is 5.53. The van der Waals surface area contributed by atoms with E-state index < -0.39 is 23.7 Å². The van der Waals surface area contributed by atoms with Crippen LogP contribution in [0.4, 0.5) is 11.4 Å². The summed E-state index contributed by atoms with van der Waals surface area (Å²) in [7, 11) is 1.51. The number of hydrogen-bond acceptors (Lipinski definition) is 6. The molecule has 0 unspecified atom stereocenters. The standard InChI is InChI=1S/C24H21N5O5/c1-34-20-7-3-2-5-18(20)27-22(31)15-8-10-16(11-9-15)26-21(30)14-29-23(32)17(13-25)19-6-4-12-28(19)24(29)33/h2-3,5,7-11H,4,6,12,14H2,1H3,(H,26,30)(H,27,31). The highest BCUT2D eigenvalue weighted by Gasteiger charge is 2.23. The Bertz CT molecular complexity index is 1430. The molecule has 2 amide bonds. The number of benzene rings is 2. The molecule has 34 heavy (non-hydrogen) atoms. The Labute approximate surface area is 194 Å². The summed E-state index contributed by atoms with van der Waals surface area (Å²) < 4.78 is 7.37. The summed E-state index contributed by atoms with van der Waals surface area (Å²) in [4.78, 5) is 50.3. The third-order valence-electron chi connectivity index (χ3n) is 5.53. The number of para-hydroxylation sites is 2. The lowest BCUT2D eigenvalue weighted by molar-refractivity contribution is -0.116. The van der Waals surface area contributed by atoms with Crippen LogP contribution in [0, 0.1) is 11.3 Å². The summed E-state index contributed by atoms with van der Waals surface area (Å²) in [6.45, 7) is -0.119. The SMILES string of the molecule is COc1ccccc1NC(=O)c1ccc(NC(=O)Cn2c(=O)c(C#N)c3n(c2=O)CCC3)cc1. The van der Waals surface area contributed by atoms with Gasteiger partial charge in [0.05, 0.1) is 12.8 Å². The van der Waals surface area contributed by atoms with Crippen molar-refractivity contribution in [2.75, 3.05) is 17.7 Å². The first-order chi connectivity index (χ1) is 16.4. The van der Waals surface area contributed by atoms with Crippen molar-refractivity contribution >= 4 is 23.2 Å². The van der Waals surface area contributed by atoms with Gasteiger partial charge in [0.25, 0.3) is 11.5 Å². The van der Waals surface area contributed by atoms with Crippen LogP contribution in [-0.4, -0.2) is 28.1 Å². The number of nitrogens with one attached hydrogen (secondary N) is 2. The number of fused-ring (bicyclic) bond motifs is 1. The van der Waals surface area contributed by atoms with Crippen LogP contribution in [0.3, 0.4) is 0 Å². The van der Waals surface area contributed by atoms with E-state index in [-0.39, 0.29) is 11.5 Å². The van der Waals surface area contributed by atoms with Crippen molar-refractivity contribution in [3.05, 3.63) is 86.2 Å². The van der Waals surface area contributed by atoms with Gasteiger partial charge >= 0.3 is 5.69 Å². The molecule has 3 aromatic rings. The highest BCUT2D eigenvalue weighted by molar-refractivity contribution is 6.05. The predicted octanol–water partition coefficient (Wildman–Crippen LogP) is 1.73. The number of amides is 2. The molecule has 0 spiro atoms. The van der Waals surface area contributed by atoms with Gasteiger partial charge in [-0.2, -0.15) is 5.26 Å². The fraction of sp³-hybridized carbons (Fsp3) is 0.208. The smallest absolute Gasteiger partial charge is 0.331 e. The molecule has 10 nitrogen and oxygen atoms in total. The fourth-order valence-corrected chi connectivity index (χ4v) is 3.88. The Hall–Kier alpha value is -4.65. The number of anilines is 2. The summed E-state index contributed by atoms with van der Waals surface area (Å²) in [5.74, 6) is -0.436. The zero-order valence-electron chi connectivity index (χ0n) is 18.3. The molecule has 0 aliphatic carbocycles. The lowest BCUT2D eigenvalue weighted by Crippen LogP contribution is -2.44. The minimum atomic E-state index is -0.765. The molecule has 172 valence electrons. The van der Waals surface area contributed by atoms with Gasteiger partial charge in [0.15, 0.2) is 0 Å². The lowest BCUT2D eigenvalue weighted by atomic mass is 10.2. The number of methoxy groups -OCH3 is 1. The van der Waals surface area contributed by atoms with Crippen LogP contribution in [0.15, 0.2) is 58.1 Å². The summed E-state index contributed by atoms with van der Waals surface area (Å²) >= 11 is 0. The van der Waals surface area contributed by atoms with Crippen LogP contribution in [0.2, 0.25) is 0 Å². The number of rotatable bonds is 6. The van der Waals surface area contributed by atoms with Crippen molar-refractivity contribution < 1.29 is 14.3 Å². The van der Waals surface area contributed by atoms with Crippen molar-refractivity contribution in [1.29, 1.82) is 5.26 Å². The molecule has 0 saturated heterocycles. The van der Waals surface area contributed by atoms with E-state index in [1.807, 2.05) is 6.07 Å². The van der Waals surface area contributed by atoms with Crippen molar-refractivity contribution in [2.24, 2.45) is 0 Å². The molecular weight excluding hydrogens is 438 g/mol. The lowest BCUT2D eigenvalue weighted by Gasteiger charge is -2.12. The van der Waals surface area contributed by atoms with Crippen molar-refractivity contribution in [3.63, 3.8) is 0 Å². The number of aromatic nitrogens is 2. The first kappa shape index (κ1) is 22.5. The maximum Gasteiger partial charge on any atom is 0.331 e. The van der Waals surface area contributed by atoms with Crippen LogP contribution < -0.4 is 26.6 Å². The Balaban J connectivity index is 1.46. The molecule has 1 aromatic heterocycles. The van der Waals surface area contributed by atoms with Crippen LogP contribution in [0.25, 0.3) is 0 Å². The number of nitriles is 1. The van der Waals surface area contributed by atoms with Gasteiger partial charge in [-0.3, -0.25) is 19.0 Å². The first-order valence-electron chi connectivity index (χ1n) is 10.5. The molecule has 2 aromatic carbocycles. The van der Waals surface area contributed by atoms with Crippen molar-refractivity contribution in [2.45, 2.75) is 25.9 Å². The monoisotopic (exact) mass is 459 g/mol. The fourth-order valence-electron chi connectivity index (χ4n) is 3.88. The van der Waals surface area contributed by atoms with Gasteiger partial charge < -0.3 is 15.4 Å². The molecular formula is C24H21N5O5. The molecule has 0 radical (unpaired) electrons. The maximum absolute atomic E-state index is 12.6. The van der Waals surface area contributed by atoms with Crippen molar-refractivity contribution in [3.8, 4) is 11.8 Å². The molecule has 10 heteroatoms. The van der Waals surface area contributed by atoms with Gasteiger partial charge in [-0.15, -0.1) is 0 Å². The topological polar surface area (TPSA) is 135 Å². The van der Waals surface area contributed by atoms with E-state index >= 15 is 0 Å². The van der Waals surface area contributed by atoms with Gasteiger partial charge in [0.1, 0.15) is 23.9 Å². The predicted molar refractivity (Wildman–Crippen MR) is 124 cm³/mol. The van der Waals surface area contributed by atoms with Gasteiger partial charge in [-0.1, -0.05) is 12.1 Å². The third kappa shape index (κ3) is 4.31. The van der Waals surface area contributed by atoms with Gasteiger partial charge in [0, 0.05) is 23.5 Å². The Morgan fingerprint density at radius 1 is 1.09 bits per heavy atom. The number of carbonyl (C=O) groups is 2. The average molecular weight is 459 g/mol. The van der Waals surface area contributed by atoms with E-state index in [9.17, 15) is 24.4 Å². The summed E-state index contributed by atoms with van der Waals surface area (Å²) in [5.41, 5.74) is 0.222. The molecule has 1 aliphatic rings. The maximum atomic E-state index is 12.6. The Kier molecular flexibility index (Phi) is 6.27. The van der Waals surface area contributed by atoms with E-state index in [0.29, 0.717) is 47.8 Å². The second kappa shape index (κ2) is 9.46. The molecule has 4 rings (SSSR count). The van der Waals surface area contributed by atoms with E-state index in [4.69, 9.17) is 4.74 Å². The number of ether oxygens (including phenoxy) is 1. The molecule has 2 heterocycles. The second-order valence-electron chi connectivity index (χ2n) is 7.64. The molecule has 0 bridgehead atoms. The normalized spacial score (nSPS) is 11.9. The van der Waals surface area contributed by atoms with E-state index in [2.05, 4.69) is 10.6 Å². The van der Waals surface area contributed by atoms with E-state index in [1.54, 1.807) is 24.3 Å². The number of nitrogens with zero attached hydrogens (tertiary/aromatic N) is 3. The van der Waals surface area contributed by atoms with E-state index in [1.165, 1.54) is 35.9 Å². The Morgan fingerprint density at radius 2 is 1.82 bits per heavy atom. The molecule has 2 N–H and O–H groups in total. The van der Waals surface area contributed by atoms with Crippen LogP contribution in [0.1, 0.15) is 28.0 Å². The summed E-state index contributed by atoms with van der Waals surface area (Å²) in [6.07, 6.45) is 1.15. The molecule has 0 atom stereocenters. The molecule has 1 aliphatic heterocycles. The van der Waals surface area contributed by atoms with Gasteiger partial charge in [-0.05, 0) is 49.2 Å². The number of carbonyl (C=O) groups excluding carboxylic acids is 2. The summed E-state index contributed by atoms with van der Waals surface area (Å²) in [6, 6.07) is 15.0. The quantitative estimate of drug-likeness (QED) is 0.576. The zero-order valence-corrected chi connectivity index (χ0v) is 18.3. The van der Waals surface area contributed by atoms with Crippen LogP contribution in [0.5, 0.6) is 5.75 Å². The highest BCUT2D eigenvalue weighted by atomic mass is 16.5. The average Bonchev–Trinajstić information content (AvgIpc) is 3.33. The first-order valence-corrected chi connectivity index (χ1v) is 10.5. The highest BCUT2D eigenvalue weighted by Crippen LogP contribution is 2.24. The zero-order chi connectivity index (χ0) is 24.2. The van der Waals surface area contributed by atoms with Crippen LogP contribution in [-0.2, 0) is 24.3 Å². The second-order valence-corrected chi connectivity index (χ2v) is 7.64. The summed E-state index contributed by atoms with van der Waals surface area (Å²) in [5, 5.41) is 14.7. The minimum absolute atomic E-state index is 0.102. The van der Waals surface area contributed by atoms with Crippen LogP contribution >= 0.6 is 0 Å². The van der Waals surface area contributed by atoms with Gasteiger partial charge in [-0.25, -0.2) is 9.36 Å². The Morgan fingerprint density at radius 3 is 2.53 bits per heavy atom. The molecule has 0 fully saturated rings. The minimum Gasteiger partial charge on any atom is -0.495 e. The number of hydrogen-bond donors (Lipinski definition) is 2. The molecule has 0 saturated carbocycles. The largest absolute Gasteiger partial charge is 0.495 e. The van der Waals surface area contributed by atoms with E-state index in [0.717, 1.165) is 4.57 Å². The van der Waals surface area contributed by atoms with Gasteiger partial charge in [0.2, 0.25) is 5.91 Å².